The van der Waals surface area contributed by atoms with Crippen LogP contribution < -0.4 is 11.0 Å². The Balaban J connectivity index is 1.51. The lowest BCUT2D eigenvalue weighted by atomic mass is 10.0. The summed E-state index contributed by atoms with van der Waals surface area (Å²) < 4.78 is 4.32. The molecule has 2 aromatic carbocycles. The van der Waals surface area contributed by atoms with Crippen LogP contribution in [-0.2, 0) is 11.3 Å². The van der Waals surface area contributed by atoms with Gasteiger partial charge in [-0.15, -0.1) is 5.10 Å². The summed E-state index contributed by atoms with van der Waals surface area (Å²) in [6.45, 7) is 7.85. The molecule has 5 aromatic rings. The molecule has 5 rings (SSSR count). The fourth-order valence-electron chi connectivity index (χ4n) is 4.16. The summed E-state index contributed by atoms with van der Waals surface area (Å²) in [6.07, 6.45) is 3.34. The predicted molar refractivity (Wildman–Crippen MR) is 128 cm³/mol. The molecule has 3 heterocycles. The molecule has 0 spiro atoms. The molecule has 33 heavy (non-hydrogen) atoms. The van der Waals surface area contributed by atoms with Crippen molar-refractivity contribution in [1.82, 2.24) is 23.8 Å². The van der Waals surface area contributed by atoms with Gasteiger partial charge in [-0.3, -0.25) is 4.79 Å². The van der Waals surface area contributed by atoms with Crippen molar-refractivity contribution in [3.63, 3.8) is 0 Å². The van der Waals surface area contributed by atoms with Crippen LogP contribution in [0.1, 0.15) is 22.3 Å². The van der Waals surface area contributed by atoms with Gasteiger partial charge in [-0.25, -0.2) is 18.4 Å². The number of aryl methyl sites for hydroxylation is 4. The highest BCUT2D eigenvalue weighted by atomic mass is 16.2. The van der Waals surface area contributed by atoms with Crippen LogP contribution in [0.25, 0.3) is 22.4 Å². The van der Waals surface area contributed by atoms with E-state index < -0.39 is 0 Å². The molecule has 1 amide bonds. The quantitative estimate of drug-likeness (QED) is 0.462. The number of rotatable bonds is 4. The predicted octanol–water partition coefficient (Wildman–Crippen LogP) is 3.68. The summed E-state index contributed by atoms with van der Waals surface area (Å²) in [7, 11) is 0. The Morgan fingerprint density at radius 1 is 0.909 bits per heavy atom. The zero-order chi connectivity index (χ0) is 23.3. The molecule has 0 saturated carbocycles. The average molecular weight is 441 g/mol. The van der Waals surface area contributed by atoms with E-state index in [4.69, 9.17) is 0 Å². The molecule has 0 unspecified atom stereocenters. The van der Waals surface area contributed by atoms with Crippen LogP contribution in [0, 0.1) is 27.7 Å². The highest BCUT2D eigenvalue weighted by Gasteiger charge is 2.16. The highest BCUT2D eigenvalue weighted by molar-refractivity contribution is 5.90. The minimum Gasteiger partial charge on any atom is -0.324 e. The number of hydrogen-bond donors (Lipinski definition) is 1. The van der Waals surface area contributed by atoms with Crippen molar-refractivity contribution in [2.45, 2.75) is 34.2 Å². The monoisotopic (exact) mass is 440 g/mol. The second-order valence-corrected chi connectivity index (χ2v) is 8.53. The molecular weight excluding hydrogens is 416 g/mol. The largest absolute Gasteiger partial charge is 0.350 e. The van der Waals surface area contributed by atoms with E-state index in [0.717, 1.165) is 33.5 Å². The number of fused-ring (bicyclic) bond motifs is 3. The maximum atomic E-state index is 12.9. The summed E-state index contributed by atoms with van der Waals surface area (Å²) in [5.41, 5.74) is 7.67. The maximum absolute atomic E-state index is 12.9. The van der Waals surface area contributed by atoms with Gasteiger partial charge in [0.1, 0.15) is 12.1 Å². The van der Waals surface area contributed by atoms with Crippen molar-refractivity contribution in [2.75, 3.05) is 5.32 Å². The number of hydrogen-bond acceptors (Lipinski definition) is 4. The molecule has 166 valence electrons. The van der Waals surface area contributed by atoms with Gasteiger partial charge in [0.15, 0.2) is 5.65 Å². The highest BCUT2D eigenvalue weighted by Crippen LogP contribution is 2.25. The number of nitrogens with one attached hydrogen (secondary N) is 1. The van der Waals surface area contributed by atoms with E-state index in [1.165, 1.54) is 9.08 Å². The molecule has 0 aliphatic carbocycles. The molecule has 0 aliphatic heterocycles. The molecule has 1 N–H and O–H groups in total. The third-order valence-electron chi connectivity index (χ3n) is 5.66. The van der Waals surface area contributed by atoms with Crippen LogP contribution in [0.4, 0.5) is 5.69 Å². The van der Waals surface area contributed by atoms with E-state index in [2.05, 4.69) is 33.7 Å². The first kappa shape index (κ1) is 20.7. The first-order chi connectivity index (χ1) is 15.8. The van der Waals surface area contributed by atoms with E-state index in [0.29, 0.717) is 16.9 Å². The molecule has 8 nitrogen and oxygen atoms in total. The van der Waals surface area contributed by atoms with Gasteiger partial charge in [0.2, 0.25) is 5.91 Å². The number of nitrogens with zero attached hydrogens (tertiary/aromatic N) is 5. The Morgan fingerprint density at radius 3 is 2.42 bits per heavy atom. The van der Waals surface area contributed by atoms with Crippen LogP contribution in [0.3, 0.4) is 0 Å². The normalized spacial score (nSPS) is 11.4. The third kappa shape index (κ3) is 3.80. The number of anilines is 1. The fraction of sp³-hybridized carbons (Fsp3) is 0.200. The lowest BCUT2D eigenvalue weighted by Gasteiger charge is -2.07. The summed E-state index contributed by atoms with van der Waals surface area (Å²) in [4.78, 5) is 25.5. The minimum atomic E-state index is -0.377. The Labute approximate surface area is 190 Å². The zero-order valence-electron chi connectivity index (χ0n) is 19.0. The van der Waals surface area contributed by atoms with E-state index in [-0.39, 0.29) is 18.1 Å². The molecule has 0 atom stereocenters. The summed E-state index contributed by atoms with van der Waals surface area (Å²) in [6, 6.07) is 14.0. The second-order valence-electron chi connectivity index (χ2n) is 8.53. The van der Waals surface area contributed by atoms with Crippen molar-refractivity contribution < 1.29 is 4.79 Å². The molecule has 3 aromatic heterocycles. The van der Waals surface area contributed by atoms with Crippen LogP contribution >= 0.6 is 0 Å². The number of carbonyl (C=O) groups is 1. The Bertz CT molecular complexity index is 1580. The van der Waals surface area contributed by atoms with E-state index in [1.807, 2.05) is 52.0 Å². The number of benzene rings is 2. The standard InChI is InChI=1S/C25H24N6O2/c1-15-5-6-18(4)20(12-15)21-13-22-24-28-31(25(33)29(24)7-8-30(22)27-21)14-23(32)26-19-10-16(2)9-17(3)11-19/h5-13H,14H2,1-4H3,(H,26,32). The third-order valence-corrected chi connectivity index (χ3v) is 5.66. The zero-order valence-corrected chi connectivity index (χ0v) is 19.0. The number of aromatic nitrogens is 5. The lowest BCUT2D eigenvalue weighted by Crippen LogP contribution is -2.28. The van der Waals surface area contributed by atoms with Crippen LogP contribution in [0.2, 0.25) is 0 Å². The molecule has 8 heteroatoms. The minimum absolute atomic E-state index is 0.183. The maximum Gasteiger partial charge on any atom is 0.350 e. The van der Waals surface area contributed by atoms with Gasteiger partial charge in [-0.1, -0.05) is 23.8 Å². The van der Waals surface area contributed by atoms with Crippen molar-refractivity contribution in [3.05, 3.63) is 87.6 Å². The van der Waals surface area contributed by atoms with Crippen LogP contribution in [0.5, 0.6) is 0 Å². The van der Waals surface area contributed by atoms with E-state index in [1.54, 1.807) is 16.9 Å². The molecular formula is C25H24N6O2. The van der Waals surface area contributed by atoms with Crippen molar-refractivity contribution in [2.24, 2.45) is 0 Å². The van der Waals surface area contributed by atoms with Gasteiger partial charge in [0, 0.05) is 23.6 Å². The summed E-state index contributed by atoms with van der Waals surface area (Å²) >= 11 is 0. The average Bonchev–Trinajstić information content (AvgIpc) is 3.30. The van der Waals surface area contributed by atoms with Crippen LogP contribution in [0.15, 0.2) is 59.7 Å². The van der Waals surface area contributed by atoms with Gasteiger partial charge < -0.3 is 5.32 Å². The Morgan fingerprint density at radius 2 is 1.67 bits per heavy atom. The van der Waals surface area contributed by atoms with Gasteiger partial charge in [0.05, 0.1) is 5.69 Å². The SMILES string of the molecule is Cc1cc(C)cc(NC(=O)Cn2nc3c4cc(-c5cc(C)ccc5C)nn4ccn3c2=O)c1. The van der Waals surface area contributed by atoms with E-state index in [9.17, 15) is 9.59 Å². The first-order valence-corrected chi connectivity index (χ1v) is 10.7. The van der Waals surface area contributed by atoms with Crippen molar-refractivity contribution in [3.8, 4) is 11.3 Å². The number of amides is 1. The Kier molecular flexibility index (Phi) is 4.85. The summed E-state index contributed by atoms with van der Waals surface area (Å²) in [5, 5.41) is 12.0. The lowest BCUT2D eigenvalue weighted by molar-refractivity contribution is -0.117. The molecule has 0 aliphatic rings. The van der Waals surface area contributed by atoms with Gasteiger partial charge in [-0.05, 0) is 68.7 Å². The van der Waals surface area contributed by atoms with E-state index >= 15 is 0 Å². The molecule has 0 fully saturated rings. The van der Waals surface area contributed by atoms with Crippen molar-refractivity contribution in [1.29, 1.82) is 0 Å². The fourth-order valence-corrected chi connectivity index (χ4v) is 4.16. The van der Waals surface area contributed by atoms with Gasteiger partial charge in [0.25, 0.3) is 0 Å². The van der Waals surface area contributed by atoms with Crippen molar-refractivity contribution >= 4 is 22.8 Å². The number of carbonyl (C=O) groups excluding carboxylic acids is 1. The topological polar surface area (TPSA) is 85.7 Å². The van der Waals surface area contributed by atoms with Gasteiger partial charge in [-0.2, -0.15) is 5.10 Å². The Hall–Kier alpha value is -4.20. The smallest absolute Gasteiger partial charge is 0.324 e. The molecule has 0 saturated heterocycles. The van der Waals surface area contributed by atoms with Gasteiger partial charge >= 0.3 is 5.69 Å². The molecule has 0 radical (unpaired) electrons. The molecule has 0 bridgehead atoms. The van der Waals surface area contributed by atoms with Crippen LogP contribution in [-0.4, -0.2) is 29.7 Å². The summed E-state index contributed by atoms with van der Waals surface area (Å²) in [5.74, 6) is -0.314. The first-order valence-electron chi connectivity index (χ1n) is 10.7. The second kappa shape index (κ2) is 7.74.